The van der Waals surface area contributed by atoms with E-state index in [2.05, 4.69) is 19.2 Å². The van der Waals surface area contributed by atoms with Crippen LogP contribution in [0, 0.1) is 11.8 Å². The molecule has 1 aromatic rings. The maximum atomic E-state index is 12.0. The van der Waals surface area contributed by atoms with Crippen molar-refractivity contribution in [1.82, 2.24) is 0 Å². The van der Waals surface area contributed by atoms with Crippen LogP contribution in [0.1, 0.15) is 34.1 Å². The maximum Gasteiger partial charge on any atom is 0.241 e. The van der Waals surface area contributed by atoms with Gasteiger partial charge in [-0.2, -0.15) is 0 Å². The van der Waals surface area contributed by atoms with Crippen molar-refractivity contribution in [3.05, 3.63) is 24.3 Å². The second kappa shape index (κ2) is 7.90. The molecule has 0 aliphatic rings. The van der Waals surface area contributed by atoms with Crippen LogP contribution in [0.2, 0.25) is 0 Å². The van der Waals surface area contributed by atoms with Crippen LogP contribution < -0.4 is 15.8 Å². The molecule has 1 rings (SSSR count). The van der Waals surface area contributed by atoms with Crippen LogP contribution in [0.3, 0.4) is 0 Å². The van der Waals surface area contributed by atoms with Gasteiger partial charge >= 0.3 is 0 Å². The van der Waals surface area contributed by atoms with Crippen LogP contribution in [0.5, 0.6) is 5.75 Å². The Morgan fingerprint density at radius 2 is 2.05 bits per heavy atom. The fourth-order valence-corrected chi connectivity index (χ4v) is 1.66. The number of hydrogen-bond donors (Lipinski definition) is 2. The second-order valence-corrected chi connectivity index (χ2v) is 5.63. The van der Waals surface area contributed by atoms with E-state index in [1.54, 1.807) is 0 Å². The molecule has 0 spiro atoms. The SMILES string of the molecule is CC[C@H](C)[C@H](N)C(=O)Nc1cccc(OCC(C)C)c1. The molecule has 4 heteroatoms. The van der Waals surface area contributed by atoms with Gasteiger partial charge in [0.2, 0.25) is 5.91 Å². The number of carbonyl (C=O) groups excluding carboxylic acids is 1. The molecule has 0 aliphatic carbocycles. The predicted molar refractivity (Wildman–Crippen MR) is 82.8 cm³/mol. The van der Waals surface area contributed by atoms with Crippen LogP contribution in [0.4, 0.5) is 5.69 Å². The molecule has 0 fully saturated rings. The summed E-state index contributed by atoms with van der Waals surface area (Å²) >= 11 is 0. The van der Waals surface area contributed by atoms with Gasteiger partial charge in [0, 0.05) is 11.8 Å². The third-order valence-corrected chi connectivity index (χ3v) is 3.24. The van der Waals surface area contributed by atoms with E-state index < -0.39 is 6.04 Å². The molecule has 0 unspecified atom stereocenters. The maximum absolute atomic E-state index is 12.0. The van der Waals surface area contributed by atoms with Gasteiger partial charge in [-0.3, -0.25) is 4.79 Å². The number of nitrogens with two attached hydrogens (primary N) is 1. The number of nitrogens with one attached hydrogen (secondary N) is 1. The average Bonchev–Trinajstić information content (AvgIpc) is 2.43. The number of hydrogen-bond acceptors (Lipinski definition) is 3. The number of amides is 1. The molecule has 0 radical (unpaired) electrons. The predicted octanol–water partition coefficient (Wildman–Crippen LogP) is 3.03. The Bertz CT molecular complexity index is 432. The van der Waals surface area contributed by atoms with Crippen molar-refractivity contribution >= 4 is 11.6 Å². The average molecular weight is 278 g/mol. The summed E-state index contributed by atoms with van der Waals surface area (Å²) in [6.45, 7) is 8.85. The molecule has 0 aromatic heterocycles. The summed E-state index contributed by atoms with van der Waals surface area (Å²) in [5.74, 6) is 1.23. The fourth-order valence-electron chi connectivity index (χ4n) is 1.66. The molecule has 20 heavy (non-hydrogen) atoms. The number of anilines is 1. The summed E-state index contributed by atoms with van der Waals surface area (Å²) in [6.07, 6.45) is 0.881. The lowest BCUT2D eigenvalue weighted by Crippen LogP contribution is -2.40. The molecule has 0 saturated heterocycles. The Balaban J connectivity index is 2.63. The van der Waals surface area contributed by atoms with Gasteiger partial charge in [0.05, 0.1) is 12.6 Å². The molecule has 4 nitrogen and oxygen atoms in total. The van der Waals surface area contributed by atoms with E-state index in [-0.39, 0.29) is 11.8 Å². The third-order valence-electron chi connectivity index (χ3n) is 3.24. The standard InChI is InChI=1S/C16H26N2O2/c1-5-12(4)15(17)16(19)18-13-7-6-8-14(9-13)20-10-11(2)3/h6-9,11-12,15H,5,10,17H2,1-4H3,(H,18,19)/t12-,15-/m0/s1. The monoisotopic (exact) mass is 278 g/mol. The molecule has 1 aromatic carbocycles. The molecule has 0 saturated carbocycles. The zero-order valence-electron chi connectivity index (χ0n) is 12.8. The van der Waals surface area contributed by atoms with Gasteiger partial charge < -0.3 is 15.8 Å². The minimum atomic E-state index is -0.486. The van der Waals surface area contributed by atoms with Gasteiger partial charge in [0.25, 0.3) is 0 Å². The first-order chi connectivity index (χ1) is 9.43. The molecule has 112 valence electrons. The van der Waals surface area contributed by atoms with E-state index in [9.17, 15) is 4.79 Å². The Morgan fingerprint density at radius 1 is 1.35 bits per heavy atom. The molecular weight excluding hydrogens is 252 g/mol. The molecule has 0 heterocycles. The van der Waals surface area contributed by atoms with Crippen LogP contribution in [0.25, 0.3) is 0 Å². The highest BCUT2D eigenvalue weighted by molar-refractivity contribution is 5.95. The largest absolute Gasteiger partial charge is 0.493 e. The van der Waals surface area contributed by atoms with Crippen LogP contribution >= 0.6 is 0 Å². The fraction of sp³-hybridized carbons (Fsp3) is 0.562. The minimum absolute atomic E-state index is 0.152. The minimum Gasteiger partial charge on any atom is -0.493 e. The van der Waals surface area contributed by atoms with Crippen LogP contribution in [-0.2, 0) is 4.79 Å². The van der Waals surface area contributed by atoms with Gasteiger partial charge in [0.1, 0.15) is 5.75 Å². The van der Waals surface area contributed by atoms with E-state index in [0.717, 1.165) is 17.9 Å². The molecule has 0 bridgehead atoms. The first-order valence-corrected chi connectivity index (χ1v) is 7.23. The summed E-state index contributed by atoms with van der Waals surface area (Å²) in [4.78, 5) is 12.0. The number of benzene rings is 1. The smallest absolute Gasteiger partial charge is 0.241 e. The Kier molecular flexibility index (Phi) is 6.52. The highest BCUT2D eigenvalue weighted by atomic mass is 16.5. The zero-order valence-corrected chi connectivity index (χ0v) is 12.8. The first-order valence-electron chi connectivity index (χ1n) is 7.23. The van der Waals surface area contributed by atoms with Gasteiger partial charge in [-0.25, -0.2) is 0 Å². The van der Waals surface area contributed by atoms with E-state index in [0.29, 0.717) is 12.5 Å². The highest BCUT2D eigenvalue weighted by Gasteiger charge is 2.19. The van der Waals surface area contributed by atoms with Crippen molar-refractivity contribution in [2.45, 2.75) is 40.2 Å². The second-order valence-electron chi connectivity index (χ2n) is 5.63. The van der Waals surface area contributed by atoms with Crippen molar-refractivity contribution in [3.63, 3.8) is 0 Å². The van der Waals surface area contributed by atoms with Crippen LogP contribution in [-0.4, -0.2) is 18.6 Å². The summed E-state index contributed by atoms with van der Waals surface area (Å²) < 4.78 is 5.64. The normalized spacial score (nSPS) is 13.9. The lowest BCUT2D eigenvalue weighted by Gasteiger charge is -2.18. The van der Waals surface area contributed by atoms with Gasteiger partial charge in [-0.15, -0.1) is 0 Å². The Hall–Kier alpha value is -1.55. The van der Waals surface area contributed by atoms with Crippen molar-refractivity contribution in [2.75, 3.05) is 11.9 Å². The van der Waals surface area contributed by atoms with Gasteiger partial charge in [-0.1, -0.05) is 40.2 Å². The quantitative estimate of drug-likeness (QED) is 0.805. The van der Waals surface area contributed by atoms with E-state index in [4.69, 9.17) is 10.5 Å². The first kappa shape index (κ1) is 16.5. The summed E-state index contributed by atoms with van der Waals surface area (Å²) in [6, 6.07) is 6.92. The summed E-state index contributed by atoms with van der Waals surface area (Å²) in [7, 11) is 0. The lowest BCUT2D eigenvalue weighted by atomic mass is 9.99. The molecule has 3 N–H and O–H groups in total. The summed E-state index contributed by atoms with van der Waals surface area (Å²) in [5.41, 5.74) is 6.63. The molecule has 0 aliphatic heterocycles. The summed E-state index contributed by atoms with van der Waals surface area (Å²) in [5, 5.41) is 2.84. The van der Waals surface area contributed by atoms with Crippen molar-refractivity contribution in [3.8, 4) is 5.75 Å². The van der Waals surface area contributed by atoms with Gasteiger partial charge in [-0.05, 0) is 24.0 Å². The topological polar surface area (TPSA) is 64.4 Å². The van der Waals surface area contributed by atoms with Gasteiger partial charge in [0.15, 0.2) is 0 Å². The molecule has 1 amide bonds. The Morgan fingerprint density at radius 3 is 2.65 bits per heavy atom. The van der Waals surface area contributed by atoms with E-state index in [1.165, 1.54) is 0 Å². The Labute approximate surface area is 121 Å². The van der Waals surface area contributed by atoms with E-state index >= 15 is 0 Å². The number of carbonyl (C=O) groups is 1. The van der Waals surface area contributed by atoms with Crippen LogP contribution in [0.15, 0.2) is 24.3 Å². The molecular formula is C16H26N2O2. The number of rotatable bonds is 7. The highest BCUT2D eigenvalue weighted by Crippen LogP contribution is 2.18. The zero-order chi connectivity index (χ0) is 15.1. The van der Waals surface area contributed by atoms with Crippen molar-refractivity contribution < 1.29 is 9.53 Å². The van der Waals surface area contributed by atoms with Crippen molar-refractivity contribution in [1.29, 1.82) is 0 Å². The third kappa shape index (κ3) is 5.21. The van der Waals surface area contributed by atoms with Crippen molar-refractivity contribution in [2.24, 2.45) is 17.6 Å². The lowest BCUT2D eigenvalue weighted by molar-refractivity contribution is -0.118. The number of ether oxygens (including phenoxy) is 1. The molecule has 2 atom stereocenters. The van der Waals surface area contributed by atoms with E-state index in [1.807, 2.05) is 38.1 Å².